The predicted molar refractivity (Wildman–Crippen MR) is 110 cm³/mol. The van der Waals surface area contributed by atoms with E-state index in [2.05, 4.69) is 44.8 Å². The summed E-state index contributed by atoms with van der Waals surface area (Å²) in [5, 5.41) is 6.60. The number of benzene rings is 1. The molecule has 0 unspecified atom stereocenters. The SMILES string of the molecule is CN=C(NCCCOC)NCc1ccc(N2CCOCC2)cc1.I. The Morgan fingerprint density at radius 1 is 1.21 bits per heavy atom. The van der Waals surface area contributed by atoms with E-state index in [1.165, 1.54) is 11.3 Å². The van der Waals surface area contributed by atoms with Crippen molar-refractivity contribution in [2.24, 2.45) is 4.99 Å². The highest BCUT2D eigenvalue weighted by molar-refractivity contribution is 14.0. The smallest absolute Gasteiger partial charge is 0.191 e. The summed E-state index contributed by atoms with van der Waals surface area (Å²) in [6.45, 7) is 5.93. The van der Waals surface area contributed by atoms with Gasteiger partial charge >= 0.3 is 0 Å². The number of methoxy groups -OCH3 is 1. The van der Waals surface area contributed by atoms with E-state index in [4.69, 9.17) is 9.47 Å². The number of nitrogens with zero attached hydrogens (tertiary/aromatic N) is 2. The van der Waals surface area contributed by atoms with Gasteiger partial charge < -0.3 is 25.0 Å². The molecule has 2 rings (SSSR count). The van der Waals surface area contributed by atoms with Gasteiger partial charge in [-0.25, -0.2) is 0 Å². The van der Waals surface area contributed by atoms with Gasteiger partial charge in [0, 0.05) is 52.6 Å². The highest BCUT2D eigenvalue weighted by Crippen LogP contribution is 2.16. The van der Waals surface area contributed by atoms with E-state index in [1.807, 2.05) is 0 Å². The molecular weight excluding hydrogens is 419 g/mol. The fraction of sp³-hybridized carbons (Fsp3) is 0.588. The number of anilines is 1. The van der Waals surface area contributed by atoms with Gasteiger partial charge in [0.15, 0.2) is 5.96 Å². The van der Waals surface area contributed by atoms with Crippen LogP contribution < -0.4 is 15.5 Å². The second-order valence-electron chi connectivity index (χ2n) is 5.46. The third kappa shape index (κ3) is 7.23. The number of morpholine rings is 1. The van der Waals surface area contributed by atoms with Crippen molar-refractivity contribution in [3.05, 3.63) is 29.8 Å². The van der Waals surface area contributed by atoms with Crippen LogP contribution in [0.5, 0.6) is 0 Å². The second kappa shape index (κ2) is 12.3. The van der Waals surface area contributed by atoms with Crippen molar-refractivity contribution in [3.63, 3.8) is 0 Å². The van der Waals surface area contributed by atoms with Crippen molar-refractivity contribution in [2.75, 3.05) is 58.5 Å². The Labute approximate surface area is 162 Å². The van der Waals surface area contributed by atoms with Crippen LogP contribution in [0.1, 0.15) is 12.0 Å². The van der Waals surface area contributed by atoms with Gasteiger partial charge in [-0.3, -0.25) is 4.99 Å². The Balaban J connectivity index is 0.00000288. The lowest BCUT2D eigenvalue weighted by atomic mass is 10.2. The molecule has 0 aliphatic carbocycles. The van der Waals surface area contributed by atoms with Crippen molar-refractivity contribution < 1.29 is 9.47 Å². The Bertz CT molecular complexity index is 476. The van der Waals surface area contributed by atoms with E-state index >= 15 is 0 Å². The van der Waals surface area contributed by atoms with E-state index in [1.54, 1.807) is 14.2 Å². The molecule has 6 nitrogen and oxygen atoms in total. The predicted octanol–water partition coefficient (Wildman–Crippen LogP) is 1.84. The number of halogens is 1. The third-order valence-electron chi connectivity index (χ3n) is 3.81. The maximum absolute atomic E-state index is 5.39. The average Bonchev–Trinajstić information content (AvgIpc) is 2.62. The lowest BCUT2D eigenvalue weighted by molar-refractivity contribution is 0.122. The summed E-state index contributed by atoms with van der Waals surface area (Å²) in [6, 6.07) is 8.68. The highest BCUT2D eigenvalue weighted by Gasteiger charge is 2.10. The molecule has 24 heavy (non-hydrogen) atoms. The summed E-state index contributed by atoms with van der Waals surface area (Å²) in [6.07, 6.45) is 0.964. The molecule has 136 valence electrons. The molecule has 1 aromatic carbocycles. The summed E-state index contributed by atoms with van der Waals surface area (Å²) in [7, 11) is 3.50. The van der Waals surface area contributed by atoms with Crippen LogP contribution in [0.15, 0.2) is 29.3 Å². The minimum absolute atomic E-state index is 0. The van der Waals surface area contributed by atoms with Gasteiger partial charge in [-0.15, -0.1) is 24.0 Å². The summed E-state index contributed by atoms with van der Waals surface area (Å²) >= 11 is 0. The van der Waals surface area contributed by atoms with E-state index < -0.39 is 0 Å². The Hall–Kier alpha value is -1.06. The molecule has 0 saturated carbocycles. The maximum Gasteiger partial charge on any atom is 0.191 e. The first-order chi connectivity index (χ1) is 11.3. The zero-order valence-electron chi connectivity index (χ0n) is 14.6. The molecule has 1 aliphatic rings. The van der Waals surface area contributed by atoms with Gasteiger partial charge in [0.1, 0.15) is 0 Å². The summed E-state index contributed by atoms with van der Waals surface area (Å²) in [4.78, 5) is 6.58. The van der Waals surface area contributed by atoms with Gasteiger partial charge in [-0.2, -0.15) is 0 Å². The van der Waals surface area contributed by atoms with Gasteiger partial charge in [0.05, 0.1) is 13.2 Å². The van der Waals surface area contributed by atoms with Gasteiger partial charge in [0.2, 0.25) is 0 Å². The molecule has 2 N–H and O–H groups in total. The highest BCUT2D eigenvalue weighted by atomic mass is 127. The number of ether oxygens (including phenoxy) is 2. The van der Waals surface area contributed by atoms with Crippen molar-refractivity contribution >= 4 is 35.6 Å². The molecule has 0 spiro atoms. The molecule has 0 bridgehead atoms. The van der Waals surface area contributed by atoms with E-state index in [9.17, 15) is 0 Å². The topological polar surface area (TPSA) is 58.1 Å². The van der Waals surface area contributed by atoms with Crippen molar-refractivity contribution in [2.45, 2.75) is 13.0 Å². The van der Waals surface area contributed by atoms with Crippen LogP contribution in [0.4, 0.5) is 5.69 Å². The van der Waals surface area contributed by atoms with E-state index in [0.717, 1.165) is 58.4 Å². The van der Waals surface area contributed by atoms with Gasteiger partial charge in [-0.1, -0.05) is 12.1 Å². The monoisotopic (exact) mass is 448 g/mol. The number of hydrogen-bond acceptors (Lipinski definition) is 4. The largest absolute Gasteiger partial charge is 0.385 e. The van der Waals surface area contributed by atoms with Crippen molar-refractivity contribution in [1.82, 2.24) is 10.6 Å². The van der Waals surface area contributed by atoms with Gasteiger partial charge in [0.25, 0.3) is 0 Å². The fourth-order valence-electron chi connectivity index (χ4n) is 2.48. The number of guanidine groups is 1. The molecule has 0 amide bonds. The molecule has 1 saturated heterocycles. The van der Waals surface area contributed by atoms with E-state index in [0.29, 0.717) is 0 Å². The van der Waals surface area contributed by atoms with Crippen LogP contribution in [0.3, 0.4) is 0 Å². The lowest BCUT2D eigenvalue weighted by Gasteiger charge is -2.28. The zero-order valence-corrected chi connectivity index (χ0v) is 16.9. The van der Waals surface area contributed by atoms with Gasteiger partial charge in [-0.05, 0) is 24.1 Å². The van der Waals surface area contributed by atoms with E-state index in [-0.39, 0.29) is 24.0 Å². The van der Waals surface area contributed by atoms with Crippen molar-refractivity contribution in [3.8, 4) is 0 Å². The maximum atomic E-state index is 5.39. The van der Waals surface area contributed by atoms with Crippen molar-refractivity contribution in [1.29, 1.82) is 0 Å². The Morgan fingerprint density at radius 2 is 1.92 bits per heavy atom. The van der Waals surface area contributed by atoms with Crippen LogP contribution in [0, 0.1) is 0 Å². The molecular formula is C17H29IN4O2. The Morgan fingerprint density at radius 3 is 2.54 bits per heavy atom. The number of hydrogen-bond donors (Lipinski definition) is 2. The molecule has 0 aromatic heterocycles. The normalized spacial score (nSPS) is 14.9. The van der Waals surface area contributed by atoms with Crippen LogP contribution in [0.25, 0.3) is 0 Å². The first-order valence-corrected chi connectivity index (χ1v) is 8.18. The minimum Gasteiger partial charge on any atom is -0.385 e. The Kier molecular flexibility index (Phi) is 10.8. The van der Waals surface area contributed by atoms with Crippen LogP contribution in [-0.2, 0) is 16.0 Å². The standard InChI is InChI=1S/C17H28N4O2.HI/c1-18-17(19-8-3-11-22-2)20-14-15-4-6-16(7-5-15)21-9-12-23-13-10-21;/h4-7H,3,8-14H2,1-2H3,(H2,18,19,20);1H. The summed E-state index contributed by atoms with van der Waals surface area (Å²) in [5.41, 5.74) is 2.50. The minimum atomic E-state index is 0. The molecule has 1 heterocycles. The quantitative estimate of drug-likeness (QED) is 0.289. The van der Waals surface area contributed by atoms with Crippen LogP contribution >= 0.6 is 24.0 Å². The second-order valence-corrected chi connectivity index (χ2v) is 5.46. The molecule has 1 fully saturated rings. The zero-order chi connectivity index (χ0) is 16.3. The number of rotatable bonds is 7. The number of aliphatic imine (C=N–C) groups is 1. The van der Waals surface area contributed by atoms with Crippen LogP contribution in [-0.4, -0.2) is 59.6 Å². The molecule has 7 heteroatoms. The summed E-state index contributed by atoms with van der Waals surface area (Å²) < 4.78 is 10.4. The number of nitrogens with one attached hydrogen (secondary N) is 2. The fourth-order valence-corrected chi connectivity index (χ4v) is 2.48. The molecule has 0 radical (unpaired) electrons. The van der Waals surface area contributed by atoms with Crippen LogP contribution in [0.2, 0.25) is 0 Å². The third-order valence-corrected chi connectivity index (χ3v) is 3.81. The summed E-state index contributed by atoms with van der Waals surface area (Å²) in [5.74, 6) is 0.818. The molecule has 1 aliphatic heterocycles. The molecule has 1 aromatic rings. The first-order valence-electron chi connectivity index (χ1n) is 8.18. The average molecular weight is 448 g/mol. The lowest BCUT2D eigenvalue weighted by Crippen LogP contribution is -2.37. The molecule has 0 atom stereocenters. The first kappa shape index (κ1) is 21.0.